The van der Waals surface area contributed by atoms with E-state index in [1.54, 1.807) is 11.3 Å². The summed E-state index contributed by atoms with van der Waals surface area (Å²) in [6, 6.07) is 3.96. The Balaban J connectivity index is 1.41. The minimum absolute atomic E-state index is 0.338. The molecule has 0 spiro atoms. The molecule has 22 heavy (non-hydrogen) atoms. The molecule has 2 aliphatic rings. The van der Waals surface area contributed by atoms with E-state index in [1.165, 1.54) is 25.7 Å². The Hall–Kier alpha value is -0.910. The largest absolute Gasteiger partial charge is 0.386 e. The molecule has 1 amide bonds. The van der Waals surface area contributed by atoms with Crippen molar-refractivity contribution in [3.05, 3.63) is 22.4 Å². The van der Waals surface area contributed by atoms with Crippen molar-refractivity contribution in [2.45, 2.75) is 38.2 Å². The number of hydrogen-bond donors (Lipinski definition) is 1. The molecule has 3 rings (SSSR count). The Morgan fingerprint density at radius 1 is 1.27 bits per heavy atom. The molecule has 1 aliphatic heterocycles. The van der Waals surface area contributed by atoms with Crippen molar-refractivity contribution in [3.63, 3.8) is 0 Å². The number of hydrogen-bond acceptors (Lipinski definition) is 4. The van der Waals surface area contributed by atoms with Crippen molar-refractivity contribution in [2.24, 2.45) is 5.92 Å². The third-order valence-electron chi connectivity index (χ3n) is 4.97. The third kappa shape index (κ3) is 4.09. The molecule has 1 saturated carbocycles. The predicted octanol–water partition coefficient (Wildman–Crippen LogP) is 2.51. The van der Waals surface area contributed by atoms with Crippen molar-refractivity contribution in [1.82, 2.24) is 9.80 Å². The molecule has 1 aromatic heterocycles. The zero-order chi connectivity index (χ0) is 15.4. The van der Waals surface area contributed by atoms with Gasteiger partial charge in [-0.05, 0) is 30.2 Å². The zero-order valence-corrected chi connectivity index (χ0v) is 13.9. The molecule has 0 radical (unpaired) electrons. The van der Waals surface area contributed by atoms with Gasteiger partial charge in [0.05, 0.1) is 0 Å². The van der Waals surface area contributed by atoms with Crippen LogP contribution in [0.3, 0.4) is 0 Å². The number of amides is 1. The van der Waals surface area contributed by atoms with E-state index < -0.39 is 6.10 Å². The number of rotatable bonds is 5. The van der Waals surface area contributed by atoms with Crippen LogP contribution in [0.4, 0.5) is 0 Å². The predicted molar refractivity (Wildman–Crippen MR) is 88.9 cm³/mol. The summed E-state index contributed by atoms with van der Waals surface area (Å²) in [5, 5.41) is 12.2. The van der Waals surface area contributed by atoms with Crippen LogP contribution in [0.15, 0.2) is 17.5 Å². The molecule has 0 unspecified atom stereocenters. The van der Waals surface area contributed by atoms with E-state index in [0.717, 1.165) is 37.5 Å². The summed E-state index contributed by atoms with van der Waals surface area (Å²) < 4.78 is 0. The van der Waals surface area contributed by atoms with Crippen LogP contribution in [-0.2, 0) is 4.79 Å². The lowest BCUT2D eigenvalue weighted by molar-refractivity contribution is -0.134. The van der Waals surface area contributed by atoms with Gasteiger partial charge in [-0.2, -0.15) is 0 Å². The maximum Gasteiger partial charge on any atom is 0.222 e. The van der Waals surface area contributed by atoms with Crippen LogP contribution in [-0.4, -0.2) is 53.5 Å². The average molecular weight is 322 g/mol. The molecule has 1 atom stereocenters. The highest BCUT2D eigenvalue weighted by atomic mass is 32.1. The van der Waals surface area contributed by atoms with Crippen LogP contribution in [0.25, 0.3) is 0 Å². The molecule has 122 valence electrons. The fourth-order valence-corrected chi connectivity index (χ4v) is 4.29. The van der Waals surface area contributed by atoms with Gasteiger partial charge in [0, 0.05) is 44.0 Å². The normalized spacial score (nSPS) is 22.1. The standard InChI is InChI=1S/C17H26N2O2S/c20-15(16-6-3-11-22-16)13-18-7-9-19(10-8-18)17(21)12-14-4-1-2-5-14/h3,6,11,14-15,20H,1-2,4-5,7-10,12-13H2/t15-/m1/s1. The number of carbonyl (C=O) groups excluding carboxylic acids is 1. The second-order valence-corrected chi connectivity index (χ2v) is 7.55. The Morgan fingerprint density at radius 3 is 2.64 bits per heavy atom. The van der Waals surface area contributed by atoms with Crippen LogP contribution in [0, 0.1) is 5.92 Å². The van der Waals surface area contributed by atoms with Crippen LogP contribution in [0.5, 0.6) is 0 Å². The zero-order valence-electron chi connectivity index (χ0n) is 13.1. The van der Waals surface area contributed by atoms with E-state index in [1.807, 2.05) is 22.4 Å². The van der Waals surface area contributed by atoms with E-state index in [4.69, 9.17) is 0 Å². The van der Waals surface area contributed by atoms with Gasteiger partial charge in [-0.1, -0.05) is 18.9 Å². The molecule has 1 aliphatic carbocycles. The van der Waals surface area contributed by atoms with Crippen molar-refractivity contribution >= 4 is 17.2 Å². The van der Waals surface area contributed by atoms with Gasteiger partial charge >= 0.3 is 0 Å². The van der Waals surface area contributed by atoms with E-state index in [0.29, 0.717) is 18.4 Å². The lowest BCUT2D eigenvalue weighted by Gasteiger charge is -2.36. The Kier molecular flexibility index (Phi) is 5.50. The summed E-state index contributed by atoms with van der Waals surface area (Å²) in [4.78, 5) is 17.6. The number of aliphatic hydroxyl groups excluding tert-OH is 1. The van der Waals surface area contributed by atoms with Crippen LogP contribution < -0.4 is 0 Å². The first-order chi connectivity index (χ1) is 10.7. The molecule has 0 bridgehead atoms. The van der Waals surface area contributed by atoms with Gasteiger partial charge in [0.15, 0.2) is 0 Å². The summed E-state index contributed by atoms with van der Waals surface area (Å²) in [5.41, 5.74) is 0. The molecular weight excluding hydrogens is 296 g/mol. The van der Waals surface area contributed by atoms with Gasteiger partial charge in [0.25, 0.3) is 0 Å². The van der Waals surface area contributed by atoms with Crippen LogP contribution in [0.2, 0.25) is 0 Å². The first kappa shape index (κ1) is 16.0. The molecule has 0 aromatic carbocycles. The first-order valence-electron chi connectivity index (χ1n) is 8.44. The van der Waals surface area contributed by atoms with Gasteiger partial charge in [0.1, 0.15) is 6.10 Å². The van der Waals surface area contributed by atoms with Gasteiger partial charge in [-0.25, -0.2) is 0 Å². The molecule has 5 heteroatoms. The average Bonchev–Trinajstić information content (AvgIpc) is 3.21. The summed E-state index contributed by atoms with van der Waals surface area (Å²) in [6.45, 7) is 4.04. The third-order valence-corrected chi connectivity index (χ3v) is 5.94. The van der Waals surface area contributed by atoms with Crippen molar-refractivity contribution in [3.8, 4) is 0 Å². The van der Waals surface area contributed by atoms with Gasteiger partial charge < -0.3 is 10.0 Å². The van der Waals surface area contributed by atoms with Crippen molar-refractivity contribution in [2.75, 3.05) is 32.7 Å². The highest BCUT2D eigenvalue weighted by Gasteiger charge is 2.26. The summed E-state index contributed by atoms with van der Waals surface area (Å²) in [5.74, 6) is 0.969. The monoisotopic (exact) mass is 322 g/mol. The number of piperazine rings is 1. The topological polar surface area (TPSA) is 43.8 Å². The van der Waals surface area contributed by atoms with Crippen LogP contribution >= 0.6 is 11.3 Å². The number of carbonyl (C=O) groups is 1. The first-order valence-corrected chi connectivity index (χ1v) is 9.32. The number of thiophene rings is 1. The number of aliphatic hydroxyl groups is 1. The van der Waals surface area contributed by atoms with E-state index >= 15 is 0 Å². The Labute approximate surface area is 136 Å². The lowest BCUT2D eigenvalue weighted by Crippen LogP contribution is -2.49. The minimum Gasteiger partial charge on any atom is -0.386 e. The van der Waals surface area contributed by atoms with Gasteiger partial charge in [-0.3, -0.25) is 9.69 Å². The maximum atomic E-state index is 12.3. The molecule has 1 saturated heterocycles. The second-order valence-electron chi connectivity index (χ2n) is 6.57. The molecular formula is C17H26N2O2S. The van der Waals surface area contributed by atoms with Crippen molar-refractivity contribution < 1.29 is 9.90 Å². The fraction of sp³-hybridized carbons (Fsp3) is 0.706. The summed E-state index contributed by atoms with van der Waals surface area (Å²) in [7, 11) is 0. The highest BCUT2D eigenvalue weighted by Crippen LogP contribution is 2.28. The SMILES string of the molecule is O=C(CC1CCCC1)N1CCN(C[C@@H](O)c2cccs2)CC1. The van der Waals surface area contributed by atoms with E-state index in [2.05, 4.69) is 4.90 Å². The molecule has 1 N–H and O–H groups in total. The summed E-state index contributed by atoms with van der Waals surface area (Å²) in [6.07, 6.45) is 5.41. The lowest BCUT2D eigenvalue weighted by atomic mass is 10.0. The van der Waals surface area contributed by atoms with Crippen LogP contribution in [0.1, 0.15) is 43.1 Å². The van der Waals surface area contributed by atoms with Gasteiger partial charge in [-0.15, -0.1) is 11.3 Å². The minimum atomic E-state index is -0.402. The molecule has 4 nitrogen and oxygen atoms in total. The molecule has 1 aromatic rings. The fourth-order valence-electron chi connectivity index (χ4n) is 3.59. The van der Waals surface area contributed by atoms with Crippen molar-refractivity contribution in [1.29, 1.82) is 0 Å². The summed E-state index contributed by atoms with van der Waals surface area (Å²) >= 11 is 1.60. The molecule has 2 heterocycles. The quantitative estimate of drug-likeness (QED) is 0.906. The Morgan fingerprint density at radius 2 is 2.00 bits per heavy atom. The Bertz CT molecular complexity index is 463. The number of nitrogens with zero attached hydrogens (tertiary/aromatic N) is 2. The van der Waals surface area contributed by atoms with E-state index in [9.17, 15) is 9.90 Å². The molecule has 2 fully saturated rings. The highest BCUT2D eigenvalue weighted by molar-refractivity contribution is 7.10. The maximum absolute atomic E-state index is 12.3. The van der Waals surface area contributed by atoms with Gasteiger partial charge in [0.2, 0.25) is 5.91 Å². The second kappa shape index (κ2) is 7.57. The smallest absolute Gasteiger partial charge is 0.222 e. The van der Waals surface area contributed by atoms with E-state index in [-0.39, 0.29) is 0 Å². The number of β-amino-alcohol motifs (C(OH)–C–C–N with tert-alkyl or cyclic N) is 1.